The Kier molecular flexibility index (Phi) is 10.9. The molecule has 0 radical (unpaired) electrons. The normalized spacial score (nSPS) is 15.0. The van der Waals surface area contributed by atoms with Gasteiger partial charge in [-0.2, -0.15) is 0 Å². The van der Waals surface area contributed by atoms with Crippen molar-refractivity contribution in [2.75, 3.05) is 31.9 Å². The number of piperazine rings is 1. The van der Waals surface area contributed by atoms with Crippen LogP contribution in [0.15, 0.2) is 30.5 Å². The Morgan fingerprint density at radius 2 is 1.67 bits per heavy atom. The first-order valence-electron chi connectivity index (χ1n) is 7.39. The molecule has 1 saturated heterocycles. The number of aromatic nitrogens is 1. The second-order valence-corrected chi connectivity index (χ2v) is 6.96. The van der Waals surface area contributed by atoms with Crippen molar-refractivity contribution in [3.05, 3.63) is 45.9 Å². The van der Waals surface area contributed by atoms with E-state index in [2.05, 4.69) is 33.8 Å². The molecule has 1 aliphatic rings. The number of hydrogen-bond donors (Lipinski definition) is 1. The summed E-state index contributed by atoms with van der Waals surface area (Å²) in [5.41, 5.74) is 8.00. The lowest BCUT2D eigenvalue weighted by molar-refractivity contribution is 0.123. The molecule has 1 aliphatic heterocycles. The van der Waals surface area contributed by atoms with E-state index >= 15 is 0 Å². The number of benzene rings is 1. The molecule has 1 aromatic carbocycles. The Morgan fingerprint density at radius 1 is 1.04 bits per heavy atom. The fourth-order valence-corrected chi connectivity index (χ4v) is 3.59. The Labute approximate surface area is 166 Å². The van der Waals surface area contributed by atoms with Crippen molar-refractivity contribution in [1.82, 2.24) is 14.8 Å². The molecule has 0 atom stereocenters. The van der Waals surface area contributed by atoms with Crippen LogP contribution in [0.3, 0.4) is 0 Å². The molecule has 3 rings (SSSR count). The summed E-state index contributed by atoms with van der Waals surface area (Å²) in [5, 5.41) is 1.16. The highest BCUT2D eigenvalue weighted by Crippen LogP contribution is 2.16. The Balaban J connectivity index is 0.00000176. The third-order valence-corrected chi connectivity index (χ3v) is 4.77. The largest absolute Gasteiger partial charge is 0.399 e. The van der Waals surface area contributed by atoms with Gasteiger partial charge in [0.15, 0.2) is 0 Å². The minimum Gasteiger partial charge on any atom is -0.399 e. The summed E-state index contributed by atoms with van der Waals surface area (Å²) in [5.74, 6) is 0. The van der Waals surface area contributed by atoms with Gasteiger partial charge in [-0.15, -0.1) is 48.6 Å². The Morgan fingerprint density at radius 3 is 2.21 bits per heavy atom. The van der Waals surface area contributed by atoms with Crippen LogP contribution in [0.2, 0.25) is 0 Å². The van der Waals surface area contributed by atoms with Gasteiger partial charge in [-0.05, 0) is 24.6 Å². The summed E-state index contributed by atoms with van der Waals surface area (Å²) >= 11 is 1.81. The lowest BCUT2D eigenvalue weighted by Crippen LogP contribution is -2.45. The quantitative estimate of drug-likeness (QED) is 0.781. The smallest absolute Gasteiger partial charge is 0.0897 e. The van der Waals surface area contributed by atoms with E-state index < -0.39 is 0 Å². The number of thiazole rings is 1. The van der Waals surface area contributed by atoms with Gasteiger partial charge in [0.05, 0.1) is 5.01 Å². The maximum atomic E-state index is 5.84. The lowest BCUT2D eigenvalue weighted by Gasteiger charge is -2.34. The fourth-order valence-electron chi connectivity index (χ4n) is 2.75. The maximum Gasteiger partial charge on any atom is 0.0897 e. The van der Waals surface area contributed by atoms with Gasteiger partial charge in [0.1, 0.15) is 0 Å². The molecule has 2 N–H and O–H groups in total. The van der Waals surface area contributed by atoms with Crippen LogP contribution in [0.4, 0.5) is 5.69 Å². The lowest BCUT2D eigenvalue weighted by atomic mass is 10.2. The third-order valence-electron chi connectivity index (χ3n) is 3.87. The van der Waals surface area contributed by atoms with Crippen LogP contribution >= 0.6 is 48.6 Å². The van der Waals surface area contributed by atoms with Crippen LogP contribution in [-0.2, 0) is 13.1 Å². The molecule has 4 nitrogen and oxygen atoms in total. The second kappa shape index (κ2) is 11.1. The van der Waals surface area contributed by atoms with Gasteiger partial charge in [0, 0.05) is 56.0 Å². The van der Waals surface area contributed by atoms with Crippen molar-refractivity contribution >= 4 is 54.2 Å². The van der Waals surface area contributed by atoms with E-state index in [1.54, 1.807) is 11.3 Å². The van der Waals surface area contributed by atoms with E-state index in [4.69, 9.17) is 5.73 Å². The van der Waals surface area contributed by atoms with E-state index in [1.807, 2.05) is 18.3 Å². The second-order valence-electron chi connectivity index (χ2n) is 5.64. The highest BCUT2D eigenvalue weighted by molar-refractivity contribution is 7.11. The van der Waals surface area contributed by atoms with Gasteiger partial charge in [-0.25, -0.2) is 4.98 Å². The van der Waals surface area contributed by atoms with E-state index in [1.165, 1.54) is 10.4 Å². The fraction of sp³-hybridized carbons (Fsp3) is 0.438. The minimum atomic E-state index is 0. The predicted octanol–water partition coefficient (Wildman–Crippen LogP) is 3.62. The topological polar surface area (TPSA) is 45.4 Å². The SMILES string of the molecule is Cc1ncc(CN2CCN(Cc3cccc(N)c3)CC2)s1.Cl.Cl.Cl. The molecule has 0 bridgehead atoms. The molecule has 0 unspecified atom stereocenters. The maximum absolute atomic E-state index is 5.84. The third kappa shape index (κ3) is 6.75. The first-order valence-corrected chi connectivity index (χ1v) is 8.21. The van der Waals surface area contributed by atoms with Gasteiger partial charge >= 0.3 is 0 Å². The number of hydrogen-bond acceptors (Lipinski definition) is 5. The number of anilines is 1. The minimum absolute atomic E-state index is 0. The predicted molar refractivity (Wildman–Crippen MR) is 110 cm³/mol. The number of rotatable bonds is 4. The molecule has 0 spiro atoms. The first-order chi connectivity index (χ1) is 10.2. The number of nitrogen functional groups attached to an aromatic ring is 1. The van der Waals surface area contributed by atoms with Gasteiger partial charge in [0.25, 0.3) is 0 Å². The van der Waals surface area contributed by atoms with Crippen LogP contribution in [0, 0.1) is 6.92 Å². The van der Waals surface area contributed by atoms with Gasteiger partial charge in [0.2, 0.25) is 0 Å². The van der Waals surface area contributed by atoms with Crippen molar-refractivity contribution in [2.45, 2.75) is 20.0 Å². The molecule has 136 valence electrons. The molecule has 0 amide bonds. The number of nitrogens with zero attached hydrogens (tertiary/aromatic N) is 3. The van der Waals surface area contributed by atoms with Crippen molar-refractivity contribution in [3.63, 3.8) is 0 Å². The average molecular weight is 412 g/mol. The summed E-state index contributed by atoms with van der Waals surface area (Å²) < 4.78 is 0. The standard InChI is InChI=1S/C16H22N4S.3ClH/c1-13-18-10-16(21-13)12-20-7-5-19(6-8-20)11-14-3-2-4-15(17)9-14;;;/h2-4,9-10H,5-8,11-12,17H2,1H3;3*1H. The molecule has 1 aromatic heterocycles. The molecular weight excluding hydrogens is 387 g/mol. The van der Waals surface area contributed by atoms with Gasteiger partial charge in [-0.3, -0.25) is 9.80 Å². The van der Waals surface area contributed by atoms with Gasteiger partial charge in [-0.1, -0.05) is 12.1 Å². The van der Waals surface area contributed by atoms with E-state index in [0.29, 0.717) is 0 Å². The molecule has 2 aromatic rings. The first kappa shape index (κ1) is 23.4. The summed E-state index contributed by atoms with van der Waals surface area (Å²) in [6.45, 7) is 8.59. The van der Waals surface area contributed by atoms with Gasteiger partial charge < -0.3 is 5.73 Å². The average Bonchev–Trinajstić information content (AvgIpc) is 2.86. The Bertz CT molecular complexity index is 601. The summed E-state index contributed by atoms with van der Waals surface area (Å²) in [6, 6.07) is 8.21. The molecule has 0 saturated carbocycles. The zero-order valence-electron chi connectivity index (χ0n) is 13.7. The molecule has 2 heterocycles. The van der Waals surface area contributed by atoms with E-state index in [9.17, 15) is 0 Å². The number of halogens is 3. The van der Waals surface area contributed by atoms with Crippen LogP contribution in [-0.4, -0.2) is 41.0 Å². The van der Waals surface area contributed by atoms with Crippen LogP contribution in [0.1, 0.15) is 15.4 Å². The zero-order valence-corrected chi connectivity index (χ0v) is 16.9. The zero-order chi connectivity index (χ0) is 14.7. The van der Waals surface area contributed by atoms with Crippen molar-refractivity contribution in [2.24, 2.45) is 0 Å². The number of nitrogens with two attached hydrogens (primary N) is 1. The van der Waals surface area contributed by atoms with E-state index in [0.717, 1.165) is 50.0 Å². The highest BCUT2D eigenvalue weighted by Gasteiger charge is 2.17. The monoisotopic (exact) mass is 410 g/mol. The van der Waals surface area contributed by atoms with Crippen LogP contribution < -0.4 is 5.73 Å². The van der Waals surface area contributed by atoms with Crippen LogP contribution in [0.5, 0.6) is 0 Å². The number of aryl methyl sites for hydroxylation is 1. The van der Waals surface area contributed by atoms with E-state index in [-0.39, 0.29) is 37.2 Å². The molecule has 0 aliphatic carbocycles. The molecule has 1 fully saturated rings. The van der Waals surface area contributed by atoms with Crippen molar-refractivity contribution in [3.8, 4) is 0 Å². The van der Waals surface area contributed by atoms with Crippen molar-refractivity contribution < 1.29 is 0 Å². The summed E-state index contributed by atoms with van der Waals surface area (Å²) in [7, 11) is 0. The van der Waals surface area contributed by atoms with Crippen LogP contribution in [0.25, 0.3) is 0 Å². The summed E-state index contributed by atoms with van der Waals surface area (Å²) in [6.07, 6.45) is 2.01. The highest BCUT2D eigenvalue weighted by atomic mass is 35.5. The van der Waals surface area contributed by atoms with Crippen molar-refractivity contribution in [1.29, 1.82) is 0 Å². The molecular formula is C16H25Cl3N4S. The molecule has 8 heteroatoms. The summed E-state index contributed by atoms with van der Waals surface area (Å²) in [4.78, 5) is 10.7. The Hall–Kier alpha value is -0.560. The molecule has 24 heavy (non-hydrogen) atoms.